The Kier molecular flexibility index (Phi) is 5.24. The second-order valence-electron chi connectivity index (χ2n) is 6.41. The van der Waals surface area contributed by atoms with Gasteiger partial charge in [0.25, 0.3) is 0 Å². The van der Waals surface area contributed by atoms with Crippen LogP contribution in [-0.4, -0.2) is 25.5 Å². The Morgan fingerprint density at radius 2 is 1.75 bits per heavy atom. The second kappa shape index (κ2) is 7.47. The van der Waals surface area contributed by atoms with Gasteiger partial charge in [-0.1, -0.05) is 12.1 Å². The number of benzene rings is 2. The van der Waals surface area contributed by atoms with E-state index in [0.29, 0.717) is 22.9 Å². The molecule has 0 amide bonds. The molecule has 0 saturated heterocycles. The summed E-state index contributed by atoms with van der Waals surface area (Å²) >= 11 is 0. The van der Waals surface area contributed by atoms with E-state index >= 15 is 0 Å². The van der Waals surface area contributed by atoms with Gasteiger partial charge in [0.2, 0.25) is 0 Å². The summed E-state index contributed by atoms with van der Waals surface area (Å²) in [5, 5.41) is 37.8. The van der Waals surface area contributed by atoms with Crippen LogP contribution < -0.4 is 0 Å². The van der Waals surface area contributed by atoms with Crippen LogP contribution in [0.2, 0.25) is 0 Å². The largest absolute Gasteiger partial charge is 0.508 e. The van der Waals surface area contributed by atoms with Gasteiger partial charge in [0.1, 0.15) is 11.5 Å². The third-order valence-electron chi connectivity index (χ3n) is 4.27. The van der Waals surface area contributed by atoms with Gasteiger partial charge in [-0.05, 0) is 54.4 Å². The number of rotatable bonds is 4. The number of aryl methyl sites for hydroxylation is 1. The van der Waals surface area contributed by atoms with E-state index in [1.165, 1.54) is 12.1 Å². The molecule has 3 rings (SSSR count). The predicted molar refractivity (Wildman–Crippen MR) is 95.6 cm³/mol. The maximum atomic E-state index is 12.7. The minimum Gasteiger partial charge on any atom is -0.508 e. The minimum atomic E-state index is -4.55. The summed E-state index contributed by atoms with van der Waals surface area (Å²) in [7, 11) is 0. The van der Waals surface area contributed by atoms with Crippen LogP contribution in [0.5, 0.6) is 11.5 Å². The Morgan fingerprint density at radius 3 is 2.36 bits per heavy atom. The number of aromatic nitrogens is 2. The van der Waals surface area contributed by atoms with Gasteiger partial charge >= 0.3 is 6.18 Å². The van der Waals surface area contributed by atoms with Crippen molar-refractivity contribution in [3.05, 3.63) is 70.9 Å². The van der Waals surface area contributed by atoms with Gasteiger partial charge in [0.05, 0.1) is 23.1 Å². The Hall–Kier alpha value is -3.13. The minimum absolute atomic E-state index is 0.0342. The van der Waals surface area contributed by atoms with Crippen molar-refractivity contribution >= 4 is 0 Å². The highest BCUT2D eigenvalue weighted by Gasteiger charge is 2.31. The Bertz CT molecular complexity index is 1010. The number of alkyl halides is 3. The maximum absolute atomic E-state index is 12.7. The lowest BCUT2D eigenvalue weighted by atomic mass is 10.0. The summed E-state index contributed by atoms with van der Waals surface area (Å²) in [6.45, 7) is 1.69. The summed E-state index contributed by atoms with van der Waals surface area (Å²) < 4.78 is 38.2. The Labute approximate surface area is 158 Å². The van der Waals surface area contributed by atoms with E-state index in [1.54, 1.807) is 25.1 Å². The van der Waals surface area contributed by atoms with E-state index in [2.05, 4.69) is 10.2 Å². The van der Waals surface area contributed by atoms with Crippen molar-refractivity contribution in [2.24, 2.45) is 0 Å². The molecule has 8 heteroatoms. The topological polar surface area (TPSA) is 86.5 Å². The first kappa shape index (κ1) is 19.6. The van der Waals surface area contributed by atoms with Gasteiger partial charge in [-0.3, -0.25) is 0 Å². The fraction of sp³-hybridized carbons (Fsp3) is 0.200. The first-order chi connectivity index (χ1) is 13.1. The molecule has 3 N–H and O–H groups in total. The Balaban J connectivity index is 1.85. The first-order valence-corrected chi connectivity index (χ1v) is 8.36. The molecule has 0 radical (unpaired) electrons. The van der Waals surface area contributed by atoms with Crippen LogP contribution in [0.1, 0.15) is 28.5 Å². The zero-order chi connectivity index (χ0) is 20.5. The molecular formula is C20H17F3N2O3. The van der Waals surface area contributed by atoms with Crippen LogP contribution in [-0.2, 0) is 12.6 Å². The molecule has 0 aliphatic rings. The number of phenols is 2. The predicted octanol–water partition coefficient (Wildman–Crippen LogP) is 4.16. The average Bonchev–Trinajstić information content (AvgIpc) is 2.61. The molecule has 146 valence electrons. The first-order valence-electron chi connectivity index (χ1n) is 8.36. The normalized spacial score (nSPS) is 12.8. The summed E-state index contributed by atoms with van der Waals surface area (Å²) in [6, 6.07) is 10.5. The third-order valence-corrected chi connectivity index (χ3v) is 4.27. The molecule has 1 unspecified atom stereocenters. The zero-order valence-corrected chi connectivity index (χ0v) is 14.8. The van der Waals surface area contributed by atoms with Gasteiger partial charge in [-0.15, -0.1) is 5.10 Å². The quantitative estimate of drug-likeness (QED) is 0.623. The molecule has 0 aliphatic heterocycles. The van der Waals surface area contributed by atoms with Gasteiger partial charge in [-0.2, -0.15) is 18.3 Å². The van der Waals surface area contributed by atoms with Gasteiger partial charge in [0, 0.05) is 12.0 Å². The van der Waals surface area contributed by atoms with E-state index in [1.807, 2.05) is 0 Å². The second-order valence-corrected chi connectivity index (χ2v) is 6.41. The van der Waals surface area contributed by atoms with Crippen molar-refractivity contribution < 1.29 is 28.5 Å². The monoisotopic (exact) mass is 390 g/mol. The average molecular weight is 390 g/mol. The van der Waals surface area contributed by atoms with Gasteiger partial charge in [0.15, 0.2) is 0 Å². The lowest BCUT2D eigenvalue weighted by Crippen LogP contribution is -2.06. The summed E-state index contributed by atoms with van der Waals surface area (Å²) in [5.74, 6) is -0.508. The van der Waals surface area contributed by atoms with Crippen molar-refractivity contribution in [2.75, 3.05) is 0 Å². The molecule has 28 heavy (non-hydrogen) atoms. The van der Waals surface area contributed by atoms with Crippen LogP contribution in [0.25, 0.3) is 11.3 Å². The molecular weight excluding hydrogens is 373 g/mol. The van der Waals surface area contributed by atoms with Crippen molar-refractivity contribution in [3.63, 3.8) is 0 Å². The van der Waals surface area contributed by atoms with Crippen LogP contribution >= 0.6 is 0 Å². The van der Waals surface area contributed by atoms with Crippen molar-refractivity contribution in [1.29, 1.82) is 0 Å². The fourth-order valence-electron chi connectivity index (χ4n) is 2.86. The number of aliphatic hydroxyl groups is 1. The highest BCUT2D eigenvalue weighted by molar-refractivity contribution is 5.69. The fourth-order valence-corrected chi connectivity index (χ4v) is 2.86. The van der Waals surface area contributed by atoms with E-state index in [9.17, 15) is 28.5 Å². The van der Waals surface area contributed by atoms with Crippen LogP contribution in [0, 0.1) is 6.92 Å². The highest BCUT2D eigenvalue weighted by atomic mass is 19.4. The molecule has 0 fully saturated rings. The number of aliphatic hydroxyl groups excluding tert-OH is 1. The van der Waals surface area contributed by atoms with Gasteiger partial charge < -0.3 is 15.3 Å². The molecule has 1 aromatic heterocycles. The standard InChI is InChI=1S/C20H17F3N2O3/c1-11-7-14(10-17(27)12-3-2-4-15(26)8-12)24-25-19(11)16-6-5-13(9-18(16)28)20(21,22)23/h2-9,17,26-28H,10H2,1H3. The number of nitrogens with zero attached hydrogens (tertiary/aromatic N) is 2. The number of phenolic OH excluding ortho intramolecular Hbond substituents is 2. The molecule has 2 aromatic carbocycles. The van der Waals surface area contributed by atoms with E-state index < -0.39 is 23.6 Å². The molecule has 5 nitrogen and oxygen atoms in total. The zero-order valence-electron chi connectivity index (χ0n) is 14.8. The molecule has 0 aliphatic carbocycles. The maximum Gasteiger partial charge on any atom is 0.416 e. The molecule has 1 atom stereocenters. The van der Waals surface area contributed by atoms with E-state index in [-0.39, 0.29) is 23.4 Å². The number of hydrogen-bond donors (Lipinski definition) is 3. The SMILES string of the molecule is Cc1cc(CC(O)c2cccc(O)c2)nnc1-c1ccc(C(F)(F)F)cc1O. The van der Waals surface area contributed by atoms with Crippen molar-refractivity contribution in [1.82, 2.24) is 10.2 Å². The van der Waals surface area contributed by atoms with Crippen LogP contribution in [0.3, 0.4) is 0 Å². The smallest absolute Gasteiger partial charge is 0.416 e. The summed E-state index contributed by atoms with van der Waals surface area (Å²) in [4.78, 5) is 0. The van der Waals surface area contributed by atoms with E-state index in [0.717, 1.165) is 12.1 Å². The summed E-state index contributed by atoms with van der Waals surface area (Å²) in [5.41, 5.74) is 1.00. The summed E-state index contributed by atoms with van der Waals surface area (Å²) in [6.07, 6.45) is -5.33. The highest BCUT2D eigenvalue weighted by Crippen LogP contribution is 2.36. The number of aromatic hydroxyl groups is 2. The Morgan fingerprint density at radius 1 is 1.00 bits per heavy atom. The molecule has 3 aromatic rings. The molecule has 1 heterocycles. The lowest BCUT2D eigenvalue weighted by molar-refractivity contribution is -0.137. The van der Waals surface area contributed by atoms with Crippen LogP contribution in [0.4, 0.5) is 13.2 Å². The van der Waals surface area contributed by atoms with Gasteiger partial charge in [-0.25, -0.2) is 0 Å². The number of hydrogen-bond acceptors (Lipinski definition) is 5. The lowest BCUT2D eigenvalue weighted by Gasteiger charge is -2.13. The third kappa shape index (κ3) is 4.23. The molecule has 0 spiro atoms. The molecule has 0 saturated carbocycles. The van der Waals surface area contributed by atoms with E-state index in [4.69, 9.17) is 0 Å². The van der Waals surface area contributed by atoms with Crippen molar-refractivity contribution in [3.8, 4) is 22.8 Å². The molecule has 0 bridgehead atoms. The van der Waals surface area contributed by atoms with Crippen molar-refractivity contribution in [2.45, 2.75) is 25.6 Å². The number of halogens is 3. The van der Waals surface area contributed by atoms with Crippen LogP contribution in [0.15, 0.2) is 48.5 Å².